The Morgan fingerprint density at radius 1 is 0.708 bits per heavy atom. The van der Waals surface area contributed by atoms with Crippen molar-refractivity contribution in [1.82, 2.24) is 0 Å². The largest absolute Gasteiger partial charge is 0.300 e. The number of hydrogen-bond acceptors (Lipinski definition) is 4. The summed E-state index contributed by atoms with van der Waals surface area (Å²) >= 11 is 0. The van der Waals surface area contributed by atoms with Crippen LogP contribution in [0.5, 0.6) is 0 Å². The van der Waals surface area contributed by atoms with Crippen LogP contribution in [0.2, 0.25) is 0 Å². The summed E-state index contributed by atoms with van der Waals surface area (Å²) in [5.41, 5.74) is 2.31. The van der Waals surface area contributed by atoms with Crippen molar-refractivity contribution in [3.05, 3.63) is 71.8 Å². The molecule has 0 radical (unpaired) electrons. The lowest BCUT2D eigenvalue weighted by atomic mass is 10.1. The van der Waals surface area contributed by atoms with E-state index in [1.54, 1.807) is 35.4 Å². The summed E-state index contributed by atoms with van der Waals surface area (Å²) in [6.45, 7) is 3.26. The summed E-state index contributed by atoms with van der Waals surface area (Å²) in [5, 5.41) is 0.207. The molecule has 24 heavy (non-hydrogen) atoms. The van der Waals surface area contributed by atoms with Crippen LogP contribution in [0.15, 0.2) is 60.7 Å². The minimum absolute atomic E-state index is 0.104. The Hall–Kier alpha value is -1.52. The van der Waals surface area contributed by atoms with Gasteiger partial charge in [0, 0.05) is 23.3 Å². The number of rotatable bonds is 9. The Morgan fingerprint density at radius 2 is 1.04 bits per heavy atom. The smallest absolute Gasteiger partial charge is 0.131 e. The van der Waals surface area contributed by atoms with Crippen LogP contribution >= 0.6 is 21.6 Å². The molecule has 0 bridgehead atoms. The van der Waals surface area contributed by atoms with Gasteiger partial charge < -0.3 is 0 Å². The van der Waals surface area contributed by atoms with Gasteiger partial charge in [-0.2, -0.15) is 0 Å². The molecule has 0 fully saturated rings. The van der Waals surface area contributed by atoms with E-state index in [1.807, 2.05) is 36.4 Å². The van der Waals surface area contributed by atoms with Crippen molar-refractivity contribution in [2.24, 2.45) is 0 Å². The highest BCUT2D eigenvalue weighted by molar-refractivity contribution is 8.76. The van der Waals surface area contributed by atoms with E-state index >= 15 is 0 Å². The van der Waals surface area contributed by atoms with Crippen molar-refractivity contribution in [2.45, 2.75) is 37.2 Å². The fourth-order valence-electron chi connectivity index (χ4n) is 2.41. The summed E-state index contributed by atoms with van der Waals surface area (Å²) in [4.78, 5) is 23.3. The Kier molecular flexibility index (Phi) is 7.60. The van der Waals surface area contributed by atoms with Crippen molar-refractivity contribution in [3.8, 4) is 0 Å². The second-order valence-electron chi connectivity index (χ2n) is 5.80. The number of Topliss-reactive ketones (excluding diaryl/α,β-unsaturated/α-hetero) is 2. The molecule has 2 aromatic rings. The monoisotopic (exact) mass is 358 g/mol. The van der Waals surface area contributed by atoms with Crippen molar-refractivity contribution in [1.29, 1.82) is 0 Å². The molecule has 126 valence electrons. The van der Waals surface area contributed by atoms with Gasteiger partial charge in [-0.3, -0.25) is 9.59 Å². The number of ketones is 2. The van der Waals surface area contributed by atoms with Gasteiger partial charge in [0.05, 0.1) is 0 Å². The van der Waals surface area contributed by atoms with Crippen LogP contribution in [0.25, 0.3) is 0 Å². The molecule has 0 aliphatic rings. The van der Waals surface area contributed by atoms with E-state index in [1.165, 1.54) is 0 Å². The normalized spacial score (nSPS) is 13.2. The number of benzene rings is 2. The third kappa shape index (κ3) is 6.17. The van der Waals surface area contributed by atoms with E-state index in [-0.39, 0.29) is 22.1 Å². The van der Waals surface area contributed by atoms with Crippen LogP contribution < -0.4 is 0 Å². The zero-order valence-corrected chi connectivity index (χ0v) is 15.6. The second-order valence-corrected chi connectivity index (χ2v) is 8.48. The quantitative estimate of drug-likeness (QED) is 0.530. The van der Waals surface area contributed by atoms with Crippen LogP contribution in [0.1, 0.15) is 48.3 Å². The fraction of sp³-hybridized carbons (Fsp3) is 0.300. The van der Waals surface area contributed by atoms with Crippen LogP contribution in [0.4, 0.5) is 0 Å². The average Bonchev–Trinajstić information content (AvgIpc) is 2.58. The van der Waals surface area contributed by atoms with Gasteiger partial charge in [-0.1, -0.05) is 82.3 Å². The lowest BCUT2D eigenvalue weighted by Gasteiger charge is -2.20. The SMILES string of the molecule is CC(=O)CC(SSC(CC(C)=O)c1ccccc1)c1ccccc1. The summed E-state index contributed by atoms with van der Waals surface area (Å²) in [6, 6.07) is 20.2. The van der Waals surface area contributed by atoms with Gasteiger partial charge in [0.25, 0.3) is 0 Å². The Labute approximate surface area is 151 Å². The molecule has 0 aliphatic heterocycles. The summed E-state index contributed by atoms with van der Waals surface area (Å²) in [7, 11) is 3.38. The van der Waals surface area contributed by atoms with E-state index in [0.717, 1.165) is 11.1 Å². The summed E-state index contributed by atoms with van der Waals surface area (Å²) in [6.07, 6.45) is 1.01. The minimum atomic E-state index is 0.104. The fourth-order valence-corrected chi connectivity index (χ4v) is 5.70. The molecule has 0 aromatic heterocycles. The maximum Gasteiger partial charge on any atom is 0.131 e. The molecule has 0 spiro atoms. The first-order valence-electron chi connectivity index (χ1n) is 7.97. The molecule has 0 aliphatic carbocycles. The Balaban J connectivity index is 2.12. The number of carbonyl (C=O) groups excluding carboxylic acids is 2. The van der Waals surface area contributed by atoms with Gasteiger partial charge in [0.15, 0.2) is 0 Å². The molecule has 0 N–H and O–H groups in total. The highest BCUT2D eigenvalue weighted by atomic mass is 33.1. The predicted molar refractivity (Wildman–Crippen MR) is 104 cm³/mol. The number of carbonyl (C=O) groups is 2. The first kappa shape index (κ1) is 18.8. The predicted octanol–water partition coefficient (Wildman–Crippen LogP) is 5.81. The topological polar surface area (TPSA) is 34.1 Å². The molecule has 2 aromatic carbocycles. The van der Waals surface area contributed by atoms with Gasteiger partial charge in [-0.05, 0) is 25.0 Å². The average molecular weight is 359 g/mol. The molecule has 0 saturated heterocycles. The maximum absolute atomic E-state index is 11.6. The van der Waals surface area contributed by atoms with Crippen LogP contribution in [-0.2, 0) is 9.59 Å². The molecule has 2 rings (SSSR count). The minimum Gasteiger partial charge on any atom is -0.300 e. The molecule has 0 amide bonds. The van der Waals surface area contributed by atoms with Gasteiger partial charge in [-0.25, -0.2) is 0 Å². The second kappa shape index (κ2) is 9.70. The summed E-state index contributed by atoms with van der Waals surface area (Å²) < 4.78 is 0. The van der Waals surface area contributed by atoms with Gasteiger partial charge in [-0.15, -0.1) is 0 Å². The highest BCUT2D eigenvalue weighted by Gasteiger charge is 2.20. The maximum atomic E-state index is 11.6. The van der Waals surface area contributed by atoms with E-state index in [0.29, 0.717) is 12.8 Å². The third-order valence-electron chi connectivity index (χ3n) is 3.58. The molecular formula is C20H22O2S2. The van der Waals surface area contributed by atoms with E-state index in [2.05, 4.69) is 24.3 Å². The first-order valence-corrected chi connectivity index (χ1v) is 10.2. The molecular weight excluding hydrogens is 336 g/mol. The van der Waals surface area contributed by atoms with Gasteiger partial charge in [0.2, 0.25) is 0 Å². The third-order valence-corrected chi connectivity index (χ3v) is 6.76. The molecule has 0 saturated carbocycles. The zero-order chi connectivity index (χ0) is 17.4. The van der Waals surface area contributed by atoms with Crippen molar-refractivity contribution < 1.29 is 9.59 Å². The lowest BCUT2D eigenvalue weighted by molar-refractivity contribution is -0.117. The van der Waals surface area contributed by atoms with Gasteiger partial charge >= 0.3 is 0 Å². The van der Waals surface area contributed by atoms with Crippen LogP contribution in [0, 0.1) is 0 Å². The number of hydrogen-bond donors (Lipinski definition) is 0. The van der Waals surface area contributed by atoms with E-state index in [9.17, 15) is 9.59 Å². The van der Waals surface area contributed by atoms with Crippen LogP contribution in [-0.4, -0.2) is 11.6 Å². The molecule has 4 heteroatoms. The molecule has 2 atom stereocenters. The Bertz CT molecular complexity index is 596. The van der Waals surface area contributed by atoms with Crippen LogP contribution in [0.3, 0.4) is 0 Å². The van der Waals surface area contributed by atoms with Crippen molar-refractivity contribution >= 4 is 33.2 Å². The van der Waals surface area contributed by atoms with E-state index < -0.39 is 0 Å². The van der Waals surface area contributed by atoms with E-state index in [4.69, 9.17) is 0 Å². The zero-order valence-electron chi connectivity index (χ0n) is 14.0. The molecule has 0 heterocycles. The molecule has 2 unspecified atom stereocenters. The van der Waals surface area contributed by atoms with Gasteiger partial charge in [0.1, 0.15) is 11.6 Å². The molecule has 2 nitrogen and oxygen atoms in total. The summed E-state index contributed by atoms with van der Waals surface area (Å²) in [5.74, 6) is 0.361. The lowest BCUT2D eigenvalue weighted by Crippen LogP contribution is -2.03. The standard InChI is InChI=1S/C20H22O2S2/c1-15(21)13-19(17-9-5-3-6-10-17)23-24-20(14-16(2)22)18-11-7-4-8-12-18/h3-12,19-20H,13-14H2,1-2H3. The Morgan fingerprint density at radius 3 is 1.33 bits per heavy atom. The highest BCUT2D eigenvalue weighted by Crippen LogP contribution is 2.48. The first-order chi connectivity index (χ1) is 11.6. The van der Waals surface area contributed by atoms with Crippen molar-refractivity contribution in [2.75, 3.05) is 0 Å². The van der Waals surface area contributed by atoms with Crippen molar-refractivity contribution in [3.63, 3.8) is 0 Å².